The van der Waals surface area contributed by atoms with Crippen LogP contribution in [0.5, 0.6) is 0 Å². The quantitative estimate of drug-likeness (QED) is 0.648. The van der Waals surface area contributed by atoms with Gasteiger partial charge in [0.2, 0.25) is 0 Å². The molecule has 0 fully saturated rings. The molecular weight excluding hydrogens is 148 g/mol. The fourth-order valence-corrected chi connectivity index (χ4v) is 0.987. The third kappa shape index (κ3) is 2.38. The van der Waals surface area contributed by atoms with Gasteiger partial charge >= 0.3 is 0 Å². The molecule has 0 bridgehead atoms. The summed E-state index contributed by atoms with van der Waals surface area (Å²) in [5.74, 6) is 0. The second-order valence-electron chi connectivity index (χ2n) is 2.12. The van der Waals surface area contributed by atoms with Gasteiger partial charge in [0.15, 0.2) is 0 Å². The summed E-state index contributed by atoms with van der Waals surface area (Å²) in [6.07, 6.45) is 0.516. The van der Waals surface area contributed by atoms with Crippen molar-refractivity contribution in [3.63, 3.8) is 0 Å². The van der Waals surface area contributed by atoms with E-state index in [0.29, 0.717) is 6.42 Å². The van der Waals surface area contributed by atoms with Crippen molar-refractivity contribution in [3.05, 3.63) is 35.9 Å². The maximum Gasteiger partial charge on any atom is 0.132 e. The molecule has 0 saturated heterocycles. The monoisotopic (exact) mass is 156 g/mol. The van der Waals surface area contributed by atoms with Crippen molar-refractivity contribution < 1.29 is 5.11 Å². The first kappa shape index (κ1) is 7.58. The Balaban J connectivity index is 2.59. The summed E-state index contributed by atoms with van der Waals surface area (Å²) in [5, 5.41) is 8.77. The first-order valence-corrected chi connectivity index (χ1v) is 3.59. The molecule has 0 unspecified atom stereocenters. The molecule has 0 heterocycles. The Hall–Kier alpha value is -0.530. The van der Waals surface area contributed by atoms with Gasteiger partial charge in [-0.05, 0) is 5.56 Å². The fourth-order valence-electron chi connectivity index (χ4n) is 0.809. The number of benzene rings is 1. The molecule has 0 aromatic heterocycles. The number of alkyl halides is 1. The highest BCUT2D eigenvalue weighted by Gasteiger charge is 1.97. The smallest absolute Gasteiger partial charge is 0.132 e. The van der Waals surface area contributed by atoms with Crippen LogP contribution in [-0.4, -0.2) is 10.7 Å². The van der Waals surface area contributed by atoms with Gasteiger partial charge in [-0.1, -0.05) is 41.9 Å². The molecule has 54 valence electrons. The van der Waals surface area contributed by atoms with Crippen LogP contribution in [0, 0.1) is 0 Å². The molecule has 2 heteroatoms. The lowest BCUT2D eigenvalue weighted by atomic mass is 10.2. The Bertz CT molecular complexity index is 184. The summed E-state index contributed by atoms with van der Waals surface area (Å²) in [4.78, 5) is 0. The third-order valence-corrected chi connectivity index (χ3v) is 1.40. The lowest BCUT2D eigenvalue weighted by Crippen LogP contribution is -1.99. The molecule has 1 rings (SSSR count). The van der Waals surface area contributed by atoms with E-state index in [1.54, 1.807) is 0 Å². The first-order chi connectivity index (χ1) is 4.79. The standard InChI is InChI=1S/C8H9ClO/c9-8(10)6-7-4-2-1-3-5-7/h1-5,8,10H,6H2/t8-/m0/s1. The Morgan fingerprint density at radius 3 is 2.40 bits per heavy atom. The second-order valence-corrected chi connectivity index (χ2v) is 2.63. The normalized spacial score (nSPS) is 13.0. The number of aliphatic hydroxyl groups is 1. The van der Waals surface area contributed by atoms with Crippen LogP contribution in [-0.2, 0) is 6.42 Å². The molecule has 0 aliphatic rings. The number of rotatable bonds is 2. The van der Waals surface area contributed by atoms with Crippen LogP contribution < -0.4 is 0 Å². The second kappa shape index (κ2) is 3.59. The van der Waals surface area contributed by atoms with E-state index in [-0.39, 0.29) is 0 Å². The van der Waals surface area contributed by atoms with Crippen LogP contribution in [0.4, 0.5) is 0 Å². The van der Waals surface area contributed by atoms with Crippen molar-refractivity contribution in [1.82, 2.24) is 0 Å². The van der Waals surface area contributed by atoms with Gasteiger partial charge in [-0.25, -0.2) is 0 Å². The third-order valence-electron chi connectivity index (χ3n) is 1.25. The SMILES string of the molecule is O[C@H](Cl)Cc1ccccc1. The van der Waals surface area contributed by atoms with Crippen LogP contribution in [0.25, 0.3) is 0 Å². The molecule has 1 atom stereocenters. The van der Waals surface area contributed by atoms with Crippen molar-refractivity contribution in [3.8, 4) is 0 Å². The summed E-state index contributed by atoms with van der Waals surface area (Å²) < 4.78 is 0. The minimum atomic E-state index is -0.762. The van der Waals surface area contributed by atoms with Gasteiger partial charge in [-0.2, -0.15) is 0 Å². The van der Waals surface area contributed by atoms with E-state index >= 15 is 0 Å². The largest absolute Gasteiger partial charge is 0.377 e. The molecule has 0 radical (unpaired) electrons. The molecule has 1 nitrogen and oxygen atoms in total. The van der Waals surface area contributed by atoms with E-state index in [9.17, 15) is 0 Å². The summed E-state index contributed by atoms with van der Waals surface area (Å²) in [6, 6.07) is 9.66. The topological polar surface area (TPSA) is 20.2 Å². The van der Waals surface area contributed by atoms with Gasteiger partial charge in [0.05, 0.1) is 0 Å². The lowest BCUT2D eigenvalue weighted by molar-refractivity contribution is 0.257. The summed E-state index contributed by atoms with van der Waals surface area (Å²) in [7, 11) is 0. The molecule has 1 aromatic rings. The molecule has 0 aliphatic heterocycles. The summed E-state index contributed by atoms with van der Waals surface area (Å²) in [5.41, 5.74) is 0.299. The summed E-state index contributed by atoms with van der Waals surface area (Å²) in [6.45, 7) is 0. The Morgan fingerprint density at radius 1 is 1.30 bits per heavy atom. The Kier molecular flexibility index (Phi) is 2.72. The van der Waals surface area contributed by atoms with Crippen molar-refractivity contribution >= 4 is 11.6 Å². The molecule has 0 amide bonds. The van der Waals surface area contributed by atoms with Crippen LogP contribution in [0.15, 0.2) is 30.3 Å². The maximum atomic E-state index is 8.77. The Morgan fingerprint density at radius 2 is 1.90 bits per heavy atom. The van der Waals surface area contributed by atoms with Crippen molar-refractivity contribution in [2.24, 2.45) is 0 Å². The van der Waals surface area contributed by atoms with E-state index in [1.807, 2.05) is 30.3 Å². The Labute approximate surface area is 65.3 Å². The molecule has 0 spiro atoms. The van der Waals surface area contributed by atoms with Gasteiger partial charge in [0, 0.05) is 6.42 Å². The highest BCUT2D eigenvalue weighted by Crippen LogP contribution is 2.04. The zero-order valence-electron chi connectivity index (χ0n) is 5.50. The fraction of sp³-hybridized carbons (Fsp3) is 0.250. The predicted molar refractivity (Wildman–Crippen MR) is 42.0 cm³/mol. The van der Waals surface area contributed by atoms with Gasteiger partial charge in [-0.15, -0.1) is 0 Å². The minimum Gasteiger partial charge on any atom is -0.377 e. The first-order valence-electron chi connectivity index (χ1n) is 3.15. The van der Waals surface area contributed by atoms with Crippen molar-refractivity contribution in [1.29, 1.82) is 0 Å². The zero-order chi connectivity index (χ0) is 7.40. The van der Waals surface area contributed by atoms with Gasteiger partial charge in [-0.3, -0.25) is 0 Å². The van der Waals surface area contributed by atoms with E-state index in [0.717, 1.165) is 5.56 Å². The van der Waals surface area contributed by atoms with E-state index in [2.05, 4.69) is 0 Å². The average Bonchev–Trinajstić information content (AvgIpc) is 1.88. The highest BCUT2D eigenvalue weighted by atomic mass is 35.5. The molecule has 1 aromatic carbocycles. The van der Waals surface area contributed by atoms with Gasteiger partial charge in [0.25, 0.3) is 0 Å². The van der Waals surface area contributed by atoms with Crippen molar-refractivity contribution in [2.45, 2.75) is 12.0 Å². The van der Waals surface area contributed by atoms with Gasteiger partial charge in [0.1, 0.15) is 5.56 Å². The molecular formula is C8H9ClO. The van der Waals surface area contributed by atoms with E-state index in [4.69, 9.17) is 16.7 Å². The van der Waals surface area contributed by atoms with E-state index < -0.39 is 5.56 Å². The zero-order valence-corrected chi connectivity index (χ0v) is 6.25. The molecule has 0 saturated carbocycles. The van der Waals surface area contributed by atoms with Crippen LogP contribution >= 0.6 is 11.6 Å². The molecule has 1 N–H and O–H groups in total. The molecule has 0 aliphatic carbocycles. The summed E-state index contributed by atoms with van der Waals surface area (Å²) >= 11 is 5.37. The maximum absolute atomic E-state index is 8.77. The number of hydrogen-bond donors (Lipinski definition) is 1. The average molecular weight is 157 g/mol. The van der Waals surface area contributed by atoms with Crippen LogP contribution in [0.3, 0.4) is 0 Å². The number of halogens is 1. The van der Waals surface area contributed by atoms with Crippen molar-refractivity contribution in [2.75, 3.05) is 0 Å². The minimum absolute atomic E-state index is 0.516. The van der Waals surface area contributed by atoms with Gasteiger partial charge < -0.3 is 5.11 Å². The number of aliphatic hydroxyl groups excluding tert-OH is 1. The number of hydrogen-bond acceptors (Lipinski definition) is 1. The van der Waals surface area contributed by atoms with Crippen LogP contribution in [0.1, 0.15) is 5.56 Å². The predicted octanol–water partition coefficient (Wildman–Crippen LogP) is 1.79. The lowest BCUT2D eigenvalue weighted by Gasteiger charge is -2.00. The van der Waals surface area contributed by atoms with Crippen LogP contribution in [0.2, 0.25) is 0 Å². The molecule has 10 heavy (non-hydrogen) atoms. The highest BCUT2D eigenvalue weighted by molar-refractivity contribution is 6.19. The van der Waals surface area contributed by atoms with E-state index in [1.165, 1.54) is 0 Å².